The second kappa shape index (κ2) is 7.55. The van der Waals surface area contributed by atoms with Gasteiger partial charge in [-0.1, -0.05) is 44.2 Å². The number of aliphatic carboxylic acids is 1. The fraction of sp³-hybridized carbons (Fsp3) is 0.400. The van der Waals surface area contributed by atoms with Crippen molar-refractivity contribution >= 4 is 11.9 Å². The summed E-state index contributed by atoms with van der Waals surface area (Å²) in [6, 6.07) is 10.1. The zero-order valence-corrected chi connectivity index (χ0v) is 15.1. The lowest BCUT2D eigenvalue weighted by atomic mass is 9.79. The molecule has 2 N–H and O–H groups in total. The average molecular weight is 343 g/mol. The lowest BCUT2D eigenvalue weighted by Gasteiger charge is -2.29. The molecule has 0 saturated carbocycles. The molecule has 1 heterocycles. The van der Waals surface area contributed by atoms with Gasteiger partial charge in [-0.15, -0.1) is 0 Å². The molecule has 1 aromatic carbocycles. The Bertz CT molecular complexity index is 746. The highest BCUT2D eigenvalue weighted by Gasteiger charge is 2.26. The van der Waals surface area contributed by atoms with Gasteiger partial charge in [0, 0.05) is 11.6 Å². The van der Waals surface area contributed by atoms with E-state index >= 15 is 0 Å². The van der Waals surface area contributed by atoms with Crippen LogP contribution in [0.4, 0.5) is 0 Å². The van der Waals surface area contributed by atoms with E-state index in [1.807, 2.05) is 25.1 Å². The van der Waals surface area contributed by atoms with Gasteiger partial charge in [-0.2, -0.15) is 0 Å². The van der Waals surface area contributed by atoms with Gasteiger partial charge in [-0.05, 0) is 31.2 Å². The molecule has 0 radical (unpaired) electrons. The molecule has 5 heteroatoms. The number of furan rings is 1. The Hall–Kier alpha value is -2.56. The summed E-state index contributed by atoms with van der Waals surface area (Å²) in [5.41, 5.74) is 2.08. The Morgan fingerprint density at radius 3 is 2.48 bits per heavy atom. The first-order valence-corrected chi connectivity index (χ1v) is 8.36. The average Bonchev–Trinajstić information content (AvgIpc) is 2.87. The van der Waals surface area contributed by atoms with Gasteiger partial charge in [-0.25, -0.2) is 0 Å². The van der Waals surface area contributed by atoms with Crippen molar-refractivity contribution in [3.8, 4) is 0 Å². The van der Waals surface area contributed by atoms with E-state index in [1.54, 1.807) is 6.92 Å². The van der Waals surface area contributed by atoms with E-state index < -0.39 is 5.97 Å². The highest BCUT2D eigenvalue weighted by molar-refractivity contribution is 5.97. The molecule has 0 fully saturated rings. The molecule has 0 bridgehead atoms. The molecule has 5 nitrogen and oxygen atoms in total. The quantitative estimate of drug-likeness (QED) is 0.803. The molecule has 2 aromatic rings. The molecule has 25 heavy (non-hydrogen) atoms. The number of aryl methyl sites for hydroxylation is 1. The summed E-state index contributed by atoms with van der Waals surface area (Å²) in [7, 11) is 0. The van der Waals surface area contributed by atoms with Crippen molar-refractivity contribution in [2.24, 2.45) is 0 Å². The number of carboxylic acid groups (broad SMARTS) is 1. The van der Waals surface area contributed by atoms with Gasteiger partial charge in [0.25, 0.3) is 5.91 Å². The van der Waals surface area contributed by atoms with Gasteiger partial charge in [0.1, 0.15) is 12.2 Å². The van der Waals surface area contributed by atoms with Gasteiger partial charge in [0.05, 0.1) is 11.8 Å². The maximum absolute atomic E-state index is 12.6. The first-order valence-electron chi connectivity index (χ1n) is 8.36. The van der Waals surface area contributed by atoms with E-state index in [0.717, 1.165) is 6.42 Å². The first-order chi connectivity index (χ1) is 11.7. The van der Waals surface area contributed by atoms with Crippen molar-refractivity contribution in [3.05, 3.63) is 59.0 Å². The molecule has 1 aromatic heterocycles. The smallest absolute Gasteiger partial charge is 0.311 e. The highest BCUT2D eigenvalue weighted by Crippen LogP contribution is 2.28. The zero-order chi connectivity index (χ0) is 18.6. The number of rotatable bonds is 7. The van der Waals surface area contributed by atoms with Gasteiger partial charge < -0.3 is 14.8 Å². The summed E-state index contributed by atoms with van der Waals surface area (Å²) in [5, 5.41) is 11.9. The molecule has 2 rings (SSSR count). The van der Waals surface area contributed by atoms with Crippen LogP contribution in [0.1, 0.15) is 54.4 Å². The van der Waals surface area contributed by atoms with Gasteiger partial charge >= 0.3 is 5.97 Å². The van der Waals surface area contributed by atoms with Crippen molar-refractivity contribution in [1.29, 1.82) is 0 Å². The van der Waals surface area contributed by atoms with E-state index in [1.165, 1.54) is 11.8 Å². The number of carbonyl (C=O) groups excluding carboxylic acids is 1. The Balaban J connectivity index is 2.08. The summed E-state index contributed by atoms with van der Waals surface area (Å²) in [6.45, 7) is 7.98. The number of nitrogens with one attached hydrogen (secondary N) is 1. The monoisotopic (exact) mass is 343 g/mol. The minimum absolute atomic E-state index is 0.0744. The van der Waals surface area contributed by atoms with E-state index in [2.05, 4.69) is 31.3 Å². The van der Waals surface area contributed by atoms with Crippen molar-refractivity contribution in [3.63, 3.8) is 0 Å². The first kappa shape index (κ1) is 18.8. The largest absolute Gasteiger partial charge is 0.481 e. The van der Waals surface area contributed by atoms with E-state index in [0.29, 0.717) is 11.1 Å². The summed E-state index contributed by atoms with van der Waals surface area (Å²) >= 11 is 0. The number of carbonyl (C=O) groups is 2. The Morgan fingerprint density at radius 1 is 1.24 bits per heavy atom. The van der Waals surface area contributed by atoms with Crippen molar-refractivity contribution < 1.29 is 19.1 Å². The van der Waals surface area contributed by atoms with E-state index in [9.17, 15) is 9.59 Å². The van der Waals surface area contributed by atoms with Crippen LogP contribution in [-0.2, 0) is 16.6 Å². The molecule has 0 saturated heterocycles. The molecular formula is C20H25NO4. The van der Waals surface area contributed by atoms with Crippen LogP contribution in [0.5, 0.6) is 0 Å². The van der Waals surface area contributed by atoms with Crippen LogP contribution in [0.3, 0.4) is 0 Å². The number of carboxylic acids is 1. The maximum Gasteiger partial charge on any atom is 0.311 e. The summed E-state index contributed by atoms with van der Waals surface area (Å²) in [4.78, 5) is 23.5. The van der Waals surface area contributed by atoms with Crippen LogP contribution in [-0.4, -0.2) is 23.0 Å². The Labute approximate surface area is 148 Å². The standard InChI is InChI=1S/C20H25NO4/c1-13-12-25-16(10-17(22)23)18(13)19(24)21-14(2)11-20(3,4)15-8-6-5-7-9-15/h5-9,12,14H,10-11H2,1-4H3,(H,21,24)(H,22,23). The summed E-state index contributed by atoms with van der Waals surface area (Å²) in [6.07, 6.45) is 1.88. The fourth-order valence-electron chi connectivity index (χ4n) is 3.19. The third-order valence-electron chi connectivity index (χ3n) is 4.34. The second-order valence-electron chi connectivity index (χ2n) is 7.12. The number of benzene rings is 1. The summed E-state index contributed by atoms with van der Waals surface area (Å²) in [5.74, 6) is -1.13. The van der Waals surface area contributed by atoms with Crippen molar-refractivity contribution in [2.45, 2.75) is 52.0 Å². The van der Waals surface area contributed by atoms with Crippen LogP contribution in [0.2, 0.25) is 0 Å². The predicted octanol–water partition coefficient (Wildman–Crippen LogP) is 3.70. The topological polar surface area (TPSA) is 79.5 Å². The maximum atomic E-state index is 12.6. The van der Waals surface area contributed by atoms with Crippen LogP contribution in [0.25, 0.3) is 0 Å². The zero-order valence-electron chi connectivity index (χ0n) is 15.1. The van der Waals surface area contributed by atoms with Crippen molar-refractivity contribution in [2.75, 3.05) is 0 Å². The normalized spacial score (nSPS) is 12.6. The third-order valence-corrected chi connectivity index (χ3v) is 4.34. The number of amides is 1. The molecular weight excluding hydrogens is 318 g/mol. The predicted molar refractivity (Wildman–Crippen MR) is 95.8 cm³/mol. The van der Waals surface area contributed by atoms with E-state index in [-0.39, 0.29) is 29.5 Å². The third kappa shape index (κ3) is 4.72. The van der Waals surface area contributed by atoms with Gasteiger partial charge in [0.2, 0.25) is 0 Å². The number of hydrogen-bond donors (Lipinski definition) is 2. The molecule has 0 aliphatic carbocycles. The SMILES string of the molecule is Cc1coc(CC(=O)O)c1C(=O)NC(C)CC(C)(C)c1ccccc1. The number of hydrogen-bond acceptors (Lipinski definition) is 3. The molecule has 1 unspecified atom stereocenters. The Morgan fingerprint density at radius 2 is 1.88 bits per heavy atom. The molecule has 0 spiro atoms. The molecule has 134 valence electrons. The van der Waals surface area contributed by atoms with Crippen LogP contribution >= 0.6 is 0 Å². The fourth-order valence-corrected chi connectivity index (χ4v) is 3.19. The van der Waals surface area contributed by atoms with Crippen molar-refractivity contribution in [1.82, 2.24) is 5.32 Å². The minimum atomic E-state index is -1.03. The highest BCUT2D eigenvalue weighted by atomic mass is 16.4. The molecule has 1 atom stereocenters. The Kier molecular flexibility index (Phi) is 5.67. The molecule has 0 aliphatic heterocycles. The molecule has 0 aliphatic rings. The van der Waals surface area contributed by atoms with Crippen LogP contribution in [0, 0.1) is 6.92 Å². The van der Waals surface area contributed by atoms with Crippen LogP contribution < -0.4 is 5.32 Å². The lowest BCUT2D eigenvalue weighted by Crippen LogP contribution is -2.37. The van der Waals surface area contributed by atoms with E-state index in [4.69, 9.17) is 9.52 Å². The lowest BCUT2D eigenvalue weighted by molar-refractivity contribution is -0.136. The molecule has 1 amide bonds. The summed E-state index contributed by atoms with van der Waals surface area (Å²) < 4.78 is 5.24. The van der Waals surface area contributed by atoms with Gasteiger partial charge in [0.15, 0.2) is 0 Å². The minimum Gasteiger partial charge on any atom is -0.481 e. The van der Waals surface area contributed by atoms with Crippen LogP contribution in [0.15, 0.2) is 41.0 Å². The van der Waals surface area contributed by atoms with Gasteiger partial charge in [-0.3, -0.25) is 9.59 Å². The second-order valence-corrected chi connectivity index (χ2v) is 7.12.